The van der Waals surface area contributed by atoms with Crippen LogP contribution >= 0.6 is 0 Å². The van der Waals surface area contributed by atoms with E-state index in [-0.39, 0.29) is 12.2 Å². The molecule has 7 heteroatoms. The molecule has 6 nitrogen and oxygen atoms in total. The lowest BCUT2D eigenvalue weighted by molar-refractivity contribution is 0.273. The first kappa shape index (κ1) is 22.2. The first-order chi connectivity index (χ1) is 16.0. The minimum absolute atomic E-state index is 0.0299. The Bertz CT molecular complexity index is 1320. The predicted molar refractivity (Wildman–Crippen MR) is 131 cm³/mol. The number of alkyl halides is 1. The Morgan fingerprint density at radius 3 is 2.48 bits per heavy atom. The average molecular weight is 445 g/mol. The van der Waals surface area contributed by atoms with Crippen LogP contribution in [0, 0.1) is 0 Å². The Morgan fingerprint density at radius 2 is 1.79 bits per heavy atom. The average Bonchev–Trinajstić information content (AvgIpc) is 2.84. The summed E-state index contributed by atoms with van der Waals surface area (Å²) in [6.07, 6.45) is 7.00. The molecule has 4 rings (SSSR count). The van der Waals surface area contributed by atoms with E-state index in [4.69, 9.17) is 4.74 Å². The maximum absolute atomic E-state index is 13.4. The van der Waals surface area contributed by atoms with Gasteiger partial charge in [0.1, 0.15) is 24.7 Å². The number of halogens is 1. The Balaban J connectivity index is 1.77. The molecule has 2 aromatic carbocycles. The molecule has 0 saturated heterocycles. The topological polar surface area (TPSA) is 60.3 Å². The molecule has 0 fully saturated rings. The molecule has 0 radical (unpaired) electrons. The second kappa shape index (κ2) is 10.1. The molecule has 0 bridgehead atoms. The van der Waals surface area contributed by atoms with E-state index in [9.17, 15) is 9.18 Å². The van der Waals surface area contributed by atoms with Crippen molar-refractivity contribution in [3.05, 3.63) is 94.2 Å². The monoisotopic (exact) mass is 444 g/mol. The first-order valence-electron chi connectivity index (χ1n) is 10.6. The number of hydrogen-bond acceptors (Lipinski definition) is 5. The van der Waals surface area contributed by atoms with Crippen molar-refractivity contribution < 1.29 is 9.13 Å². The molecule has 0 aliphatic rings. The molecule has 0 unspecified atom stereocenters. The molecular formula is C26H25FN4O2. The van der Waals surface area contributed by atoms with Crippen LogP contribution in [0.5, 0.6) is 5.75 Å². The molecule has 168 valence electrons. The van der Waals surface area contributed by atoms with Gasteiger partial charge >= 0.3 is 0 Å². The summed E-state index contributed by atoms with van der Waals surface area (Å²) in [5, 5.41) is 0. The summed E-state index contributed by atoms with van der Waals surface area (Å²) in [5.74, 6) is 0.510. The summed E-state index contributed by atoms with van der Waals surface area (Å²) in [7, 11) is 3.97. The van der Waals surface area contributed by atoms with Crippen molar-refractivity contribution in [1.29, 1.82) is 0 Å². The predicted octanol–water partition coefficient (Wildman–Crippen LogP) is 4.42. The fourth-order valence-electron chi connectivity index (χ4n) is 3.49. The van der Waals surface area contributed by atoms with E-state index in [1.807, 2.05) is 61.5 Å². The molecule has 33 heavy (non-hydrogen) atoms. The second-order valence-electron chi connectivity index (χ2n) is 7.75. The Morgan fingerprint density at radius 1 is 1.03 bits per heavy atom. The molecule has 0 amide bonds. The molecule has 0 aliphatic carbocycles. The van der Waals surface area contributed by atoms with E-state index in [0.29, 0.717) is 29.0 Å². The van der Waals surface area contributed by atoms with Gasteiger partial charge in [0.05, 0.1) is 17.6 Å². The van der Waals surface area contributed by atoms with Gasteiger partial charge in [0.15, 0.2) is 0 Å². The molecule has 0 N–H and O–H groups in total. The Hall–Kier alpha value is -4.00. The van der Waals surface area contributed by atoms with E-state index >= 15 is 0 Å². The van der Waals surface area contributed by atoms with Gasteiger partial charge in [0.2, 0.25) is 0 Å². The van der Waals surface area contributed by atoms with Crippen LogP contribution in [-0.2, 0) is 6.54 Å². The van der Waals surface area contributed by atoms with Gasteiger partial charge < -0.3 is 14.2 Å². The van der Waals surface area contributed by atoms with E-state index in [2.05, 4.69) is 9.97 Å². The fourth-order valence-corrected chi connectivity index (χ4v) is 3.49. The van der Waals surface area contributed by atoms with Gasteiger partial charge in [-0.15, -0.1) is 0 Å². The molecule has 0 atom stereocenters. The van der Waals surface area contributed by atoms with Crippen LogP contribution in [0.2, 0.25) is 0 Å². The third kappa shape index (κ3) is 5.26. The zero-order chi connectivity index (χ0) is 23.2. The van der Waals surface area contributed by atoms with Crippen molar-refractivity contribution >= 4 is 28.9 Å². The third-order valence-electron chi connectivity index (χ3n) is 5.22. The number of hydrogen-bond donors (Lipinski definition) is 0. The molecule has 2 aromatic heterocycles. The summed E-state index contributed by atoms with van der Waals surface area (Å²) in [4.78, 5) is 24.0. The summed E-state index contributed by atoms with van der Waals surface area (Å²) < 4.78 is 19.6. The zero-order valence-electron chi connectivity index (χ0n) is 18.6. The van der Waals surface area contributed by atoms with Crippen molar-refractivity contribution in [2.24, 2.45) is 0 Å². The van der Waals surface area contributed by atoms with Crippen LogP contribution in [0.1, 0.15) is 16.8 Å². The smallest absolute Gasteiger partial charge is 0.277 e. The van der Waals surface area contributed by atoms with Crippen LogP contribution in [0.25, 0.3) is 23.2 Å². The first-order valence-corrected chi connectivity index (χ1v) is 10.6. The van der Waals surface area contributed by atoms with Crippen molar-refractivity contribution in [3.63, 3.8) is 0 Å². The van der Waals surface area contributed by atoms with Crippen LogP contribution in [-0.4, -0.2) is 41.9 Å². The summed E-state index contributed by atoms with van der Waals surface area (Å²) >= 11 is 0. The molecule has 0 aliphatic heterocycles. The number of pyridine rings is 1. The van der Waals surface area contributed by atoms with E-state index in [1.165, 1.54) is 0 Å². The highest BCUT2D eigenvalue weighted by Gasteiger charge is 2.11. The Labute approximate surface area is 191 Å². The highest BCUT2D eigenvalue weighted by molar-refractivity contribution is 5.79. The van der Waals surface area contributed by atoms with Gasteiger partial charge in [-0.25, -0.2) is 9.37 Å². The molecule has 4 aromatic rings. The number of ether oxygens (including phenoxy) is 1. The quantitative estimate of drug-likeness (QED) is 0.403. The number of rotatable bonds is 8. The molecular weight excluding hydrogens is 419 g/mol. The SMILES string of the molecule is CN(C)c1ccc(/C=C/c2nc3cc(OCCF)ccc3n(Cc3ccncc3)c2=O)cc1. The maximum Gasteiger partial charge on any atom is 0.277 e. The second-order valence-corrected chi connectivity index (χ2v) is 7.75. The van der Waals surface area contributed by atoms with Gasteiger partial charge in [-0.05, 0) is 53.6 Å². The van der Waals surface area contributed by atoms with Crippen molar-refractivity contribution in [3.8, 4) is 5.75 Å². The lowest BCUT2D eigenvalue weighted by Gasteiger charge is -2.13. The minimum atomic E-state index is -0.576. The van der Waals surface area contributed by atoms with Gasteiger partial charge in [-0.1, -0.05) is 18.2 Å². The standard InChI is InChI=1S/C26H25FN4O2/c1-30(2)21-6-3-19(4-7-21)5-9-23-26(32)31(18-20-11-14-28-15-12-20)25-10-8-22(33-16-13-27)17-24(25)29-23/h3-12,14-15,17H,13,16,18H2,1-2H3/b9-5+. The fraction of sp³-hybridized carbons (Fsp3) is 0.192. The van der Waals surface area contributed by atoms with Crippen LogP contribution in [0.4, 0.5) is 10.1 Å². The van der Waals surface area contributed by atoms with Gasteiger partial charge in [0, 0.05) is 38.2 Å². The van der Waals surface area contributed by atoms with Gasteiger partial charge in [-0.2, -0.15) is 0 Å². The molecule has 2 heterocycles. The van der Waals surface area contributed by atoms with E-state index in [1.54, 1.807) is 41.2 Å². The number of anilines is 1. The minimum Gasteiger partial charge on any atom is -0.491 e. The zero-order valence-corrected chi connectivity index (χ0v) is 18.6. The normalized spacial score (nSPS) is 11.2. The van der Waals surface area contributed by atoms with Crippen molar-refractivity contribution in [2.75, 3.05) is 32.3 Å². The van der Waals surface area contributed by atoms with Gasteiger partial charge in [-0.3, -0.25) is 9.78 Å². The maximum atomic E-state index is 13.4. The highest BCUT2D eigenvalue weighted by Crippen LogP contribution is 2.20. The molecule has 0 saturated carbocycles. The highest BCUT2D eigenvalue weighted by atomic mass is 19.1. The number of fused-ring (bicyclic) bond motifs is 1. The van der Waals surface area contributed by atoms with Crippen molar-refractivity contribution in [2.45, 2.75) is 6.54 Å². The summed E-state index contributed by atoms with van der Waals surface area (Å²) in [6.45, 7) is -0.227. The lowest BCUT2D eigenvalue weighted by Crippen LogP contribution is -2.24. The van der Waals surface area contributed by atoms with Gasteiger partial charge in [0.25, 0.3) is 5.56 Å². The van der Waals surface area contributed by atoms with Crippen LogP contribution < -0.4 is 15.2 Å². The Kier molecular flexibility index (Phi) is 6.78. The third-order valence-corrected chi connectivity index (χ3v) is 5.22. The van der Waals surface area contributed by atoms with E-state index in [0.717, 1.165) is 16.8 Å². The summed E-state index contributed by atoms with van der Waals surface area (Å²) in [6, 6.07) is 17.0. The van der Waals surface area contributed by atoms with Crippen LogP contribution in [0.15, 0.2) is 71.8 Å². The molecule has 0 spiro atoms. The number of aromatic nitrogens is 3. The lowest BCUT2D eigenvalue weighted by atomic mass is 10.1. The van der Waals surface area contributed by atoms with E-state index < -0.39 is 6.67 Å². The largest absolute Gasteiger partial charge is 0.491 e. The number of nitrogens with zero attached hydrogens (tertiary/aromatic N) is 4. The summed E-state index contributed by atoms with van der Waals surface area (Å²) in [5.41, 5.74) is 4.40. The van der Waals surface area contributed by atoms with Crippen LogP contribution in [0.3, 0.4) is 0 Å². The number of benzene rings is 2. The van der Waals surface area contributed by atoms with Crippen molar-refractivity contribution in [1.82, 2.24) is 14.5 Å².